The minimum absolute atomic E-state index is 0.0398. The molecule has 0 amide bonds. The van der Waals surface area contributed by atoms with E-state index in [1.54, 1.807) is 6.92 Å². The normalized spacial score (nSPS) is 10.5. The van der Waals surface area contributed by atoms with Crippen LogP contribution in [0.2, 0.25) is 5.15 Å². The van der Waals surface area contributed by atoms with Crippen LogP contribution in [-0.4, -0.2) is 20.1 Å². The summed E-state index contributed by atoms with van der Waals surface area (Å²) in [7, 11) is 0. The number of nitro groups is 1. The van der Waals surface area contributed by atoms with Gasteiger partial charge in [-0.05, 0) is 11.8 Å². The van der Waals surface area contributed by atoms with E-state index >= 15 is 0 Å². The number of halogens is 1. The van der Waals surface area contributed by atoms with Crippen molar-refractivity contribution in [2.75, 3.05) is 0 Å². The van der Waals surface area contributed by atoms with Gasteiger partial charge in [0.15, 0.2) is 0 Å². The number of rotatable bonds is 3. The van der Waals surface area contributed by atoms with E-state index in [1.807, 2.05) is 0 Å². The summed E-state index contributed by atoms with van der Waals surface area (Å²) in [4.78, 5) is 14.0. The molecule has 2 aromatic rings. The third kappa shape index (κ3) is 2.92. The van der Waals surface area contributed by atoms with Crippen molar-refractivity contribution < 1.29 is 9.34 Å². The van der Waals surface area contributed by atoms with Gasteiger partial charge in [0.25, 0.3) is 10.9 Å². The number of hydrogen-bond donors (Lipinski definition) is 0. The van der Waals surface area contributed by atoms with Crippen molar-refractivity contribution in [3.8, 4) is 0 Å². The molecule has 2 rings (SSSR count). The third-order valence-corrected chi connectivity index (χ3v) is 2.62. The van der Waals surface area contributed by atoms with Crippen LogP contribution in [0, 0.1) is 17.0 Å². The highest BCUT2D eigenvalue weighted by Gasteiger charge is 2.13. The summed E-state index contributed by atoms with van der Waals surface area (Å²) in [5.74, 6) is 0.407. The lowest BCUT2D eigenvalue weighted by Crippen LogP contribution is -1.90. The van der Waals surface area contributed by atoms with Crippen LogP contribution in [0.1, 0.15) is 5.89 Å². The Bertz CT molecular complexity index is 574. The molecule has 0 spiro atoms. The van der Waals surface area contributed by atoms with Gasteiger partial charge in [-0.3, -0.25) is 10.1 Å². The molecule has 0 aliphatic heterocycles. The van der Waals surface area contributed by atoms with Crippen molar-refractivity contribution >= 4 is 29.1 Å². The van der Waals surface area contributed by atoms with Gasteiger partial charge < -0.3 is 4.42 Å². The van der Waals surface area contributed by atoms with Gasteiger partial charge in [-0.25, -0.2) is 4.98 Å². The lowest BCUT2D eigenvalue weighted by atomic mass is 10.4. The molecular formula is C8H5ClN4O3S. The smallest absolute Gasteiger partial charge is 0.282 e. The van der Waals surface area contributed by atoms with E-state index in [0.29, 0.717) is 10.9 Å². The van der Waals surface area contributed by atoms with Crippen molar-refractivity contribution in [2.24, 2.45) is 0 Å². The molecule has 0 aliphatic carbocycles. The predicted molar refractivity (Wildman–Crippen MR) is 59.1 cm³/mol. The van der Waals surface area contributed by atoms with Crippen molar-refractivity contribution in [1.82, 2.24) is 15.2 Å². The molecule has 0 aliphatic rings. The monoisotopic (exact) mass is 272 g/mol. The molecule has 9 heteroatoms. The fraction of sp³-hybridized carbons (Fsp3) is 0.125. The van der Waals surface area contributed by atoms with E-state index in [9.17, 15) is 10.1 Å². The van der Waals surface area contributed by atoms with Crippen LogP contribution >= 0.6 is 23.4 Å². The first-order valence-electron chi connectivity index (χ1n) is 4.34. The van der Waals surface area contributed by atoms with E-state index in [-0.39, 0.29) is 16.1 Å². The van der Waals surface area contributed by atoms with Crippen LogP contribution in [0.25, 0.3) is 0 Å². The van der Waals surface area contributed by atoms with Crippen molar-refractivity contribution in [1.29, 1.82) is 0 Å². The second-order valence-electron chi connectivity index (χ2n) is 2.93. The van der Waals surface area contributed by atoms with E-state index < -0.39 is 4.92 Å². The van der Waals surface area contributed by atoms with Crippen LogP contribution in [0.4, 0.5) is 5.69 Å². The van der Waals surface area contributed by atoms with Gasteiger partial charge in [-0.2, -0.15) is 0 Å². The molecule has 17 heavy (non-hydrogen) atoms. The molecule has 0 saturated heterocycles. The lowest BCUT2D eigenvalue weighted by molar-refractivity contribution is -0.385. The van der Waals surface area contributed by atoms with Crippen LogP contribution in [0.3, 0.4) is 0 Å². The molecule has 88 valence electrons. The quantitative estimate of drug-likeness (QED) is 0.481. The summed E-state index contributed by atoms with van der Waals surface area (Å²) in [6.45, 7) is 1.64. The summed E-state index contributed by atoms with van der Waals surface area (Å²) < 4.78 is 5.12. The van der Waals surface area contributed by atoms with Crippen LogP contribution in [-0.2, 0) is 0 Å². The SMILES string of the molecule is Cc1nnc(Sc2cc([N+](=O)[O-])cc(Cl)n2)o1. The number of aromatic nitrogens is 3. The highest BCUT2D eigenvalue weighted by molar-refractivity contribution is 7.99. The number of aryl methyl sites for hydroxylation is 1. The zero-order valence-electron chi connectivity index (χ0n) is 8.45. The summed E-state index contributed by atoms with van der Waals surface area (Å²) in [6, 6.07) is 2.46. The Morgan fingerprint density at radius 3 is 2.82 bits per heavy atom. The van der Waals surface area contributed by atoms with Gasteiger partial charge in [0.1, 0.15) is 10.2 Å². The molecule has 2 heterocycles. The third-order valence-electron chi connectivity index (χ3n) is 1.67. The van der Waals surface area contributed by atoms with Crippen LogP contribution in [0.15, 0.2) is 26.8 Å². The molecule has 0 aromatic carbocycles. The van der Waals surface area contributed by atoms with Gasteiger partial charge in [-0.1, -0.05) is 11.6 Å². The average molecular weight is 273 g/mol. The Morgan fingerprint density at radius 2 is 2.24 bits per heavy atom. The Balaban J connectivity index is 2.29. The maximum Gasteiger partial charge on any atom is 0.282 e. The Labute approximate surface area is 104 Å². The lowest BCUT2D eigenvalue weighted by Gasteiger charge is -1.97. The fourth-order valence-electron chi connectivity index (χ4n) is 1.03. The van der Waals surface area contributed by atoms with Crippen molar-refractivity contribution in [2.45, 2.75) is 17.2 Å². The van der Waals surface area contributed by atoms with Gasteiger partial charge in [0, 0.05) is 13.0 Å². The molecule has 0 atom stereocenters. The summed E-state index contributed by atoms with van der Waals surface area (Å²) >= 11 is 6.68. The highest BCUT2D eigenvalue weighted by atomic mass is 35.5. The second kappa shape index (κ2) is 4.68. The predicted octanol–water partition coefficient (Wildman–Crippen LogP) is 2.49. The van der Waals surface area contributed by atoms with Crippen LogP contribution < -0.4 is 0 Å². The molecule has 0 bridgehead atoms. The highest BCUT2D eigenvalue weighted by Crippen LogP contribution is 2.29. The fourth-order valence-corrected chi connectivity index (χ4v) is 2.03. The summed E-state index contributed by atoms with van der Waals surface area (Å²) in [5, 5.41) is 18.6. The Hall–Kier alpha value is -1.67. The topological polar surface area (TPSA) is 95.0 Å². The number of nitrogens with zero attached hydrogens (tertiary/aromatic N) is 4. The molecule has 0 saturated carbocycles. The minimum Gasteiger partial charge on any atom is -0.416 e. The van der Waals surface area contributed by atoms with Crippen molar-refractivity contribution in [3.63, 3.8) is 0 Å². The van der Waals surface area contributed by atoms with E-state index in [0.717, 1.165) is 11.8 Å². The van der Waals surface area contributed by atoms with Gasteiger partial charge in [0.2, 0.25) is 5.89 Å². The maximum absolute atomic E-state index is 10.6. The van der Waals surface area contributed by atoms with E-state index in [1.165, 1.54) is 12.1 Å². The second-order valence-corrected chi connectivity index (χ2v) is 4.29. The summed E-state index contributed by atoms with van der Waals surface area (Å²) in [5.41, 5.74) is -0.135. The van der Waals surface area contributed by atoms with Gasteiger partial charge >= 0.3 is 0 Å². The zero-order chi connectivity index (χ0) is 12.4. The first kappa shape index (κ1) is 11.8. The molecule has 7 nitrogen and oxygen atoms in total. The van der Waals surface area contributed by atoms with Crippen molar-refractivity contribution in [3.05, 3.63) is 33.3 Å². The number of hydrogen-bond acceptors (Lipinski definition) is 7. The largest absolute Gasteiger partial charge is 0.416 e. The molecule has 0 unspecified atom stereocenters. The average Bonchev–Trinajstić information content (AvgIpc) is 2.63. The first-order chi connectivity index (χ1) is 8.04. The first-order valence-corrected chi connectivity index (χ1v) is 5.54. The van der Waals surface area contributed by atoms with Gasteiger partial charge in [-0.15, -0.1) is 10.2 Å². The Morgan fingerprint density at radius 1 is 1.47 bits per heavy atom. The number of pyridine rings is 1. The molecule has 2 aromatic heterocycles. The zero-order valence-corrected chi connectivity index (χ0v) is 10.0. The van der Waals surface area contributed by atoms with Gasteiger partial charge in [0.05, 0.1) is 11.0 Å². The summed E-state index contributed by atoms with van der Waals surface area (Å²) in [6.07, 6.45) is 0. The standard InChI is InChI=1S/C8H5ClN4O3S/c1-4-11-12-8(16-4)17-7-3-5(13(14)15)2-6(9)10-7/h2-3H,1H3. The van der Waals surface area contributed by atoms with E-state index in [2.05, 4.69) is 15.2 Å². The molecule has 0 radical (unpaired) electrons. The molecule has 0 N–H and O–H groups in total. The Kier molecular flexibility index (Phi) is 3.25. The molecular weight excluding hydrogens is 268 g/mol. The maximum atomic E-state index is 10.6. The minimum atomic E-state index is -0.545. The van der Waals surface area contributed by atoms with Crippen LogP contribution in [0.5, 0.6) is 0 Å². The van der Waals surface area contributed by atoms with E-state index in [4.69, 9.17) is 16.0 Å². The molecule has 0 fully saturated rings.